The second kappa shape index (κ2) is 4.39. The van der Waals surface area contributed by atoms with E-state index >= 15 is 0 Å². The van der Waals surface area contributed by atoms with Gasteiger partial charge in [0.15, 0.2) is 0 Å². The summed E-state index contributed by atoms with van der Waals surface area (Å²) in [5.41, 5.74) is 0.00314. The van der Waals surface area contributed by atoms with Crippen molar-refractivity contribution in [3.05, 3.63) is 33.9 Å². The summed E-state index contributed by atoms with van der Waals surface area (Å²) in [6.45, 7) is 3.35. The van der Waals surface area contributed by atoms with E-state index in [1.807, 2.05) is 0 Å². The molecule has 0 saturated heterocycles. The SMILES string of the molecule is CCC(O)C(O)c1ccc(=O)oc1C. The summed E-state index contributed by atoms with van der Waals surface area (Å²) in [5, 5.41) is 19.1. The maximum atomic E-state index is 10.8. The van der Waals surface area contributed by atoms with Crippen LogP contribution in [0.4, 0.5) is 0 Å². The van der Waals surface area contributed by atoms with Gasteiger partial charge < -0.3 is 14.6 Å². The topological polar surface area (TPSA) is 70.7 Å². The molecular formula is C10H14O4. The Morgan fingerprint density at radius 2 is 2.07 bits per heavy atom. The summed E-state index contributed by atoms with van der Waals surface area (Å²) >= 11 is 0. The van der Waals surface area contributed by atoms with Crippen molar-refractivity contribution < 1.29 is 14.6 Å². The van der Waals surface area contributed by atoms with E-state index in [-0.39, 0.29) is 0 Å². The Morgan fingerprint density at radius 1 is 1.43 bits per heavy atom. The monoisotopic (exact) mass is 198 g/mol. The Hall–Kier alpha value is -1.13. The number of aliphatic hydroxyl groups is 2. The first-order chi connectivity index (χ1) is 6.56. The second-order valence-electron chi connectivity index (χ2n) is 3.19. The van der Waals surface area contributed by atoms with Crippen molar-refractivity contribution in [1.82, 2.24) is 0 Å². The third-order valence-electron chi connectivity index (χ3n) is 2.16. The van der Waals surface area contributed by atoms with Crippen molar-refractivity contribution in [2.24, 2.45) is 0 Å². The van der Waals surface area contributed by atoms with Gasteiger partial charge in [0.05, 0.1) is 6.10 Å². The van der Waals surface area contributed by atoms with Crippen molar-refractivity contribution in [1.29, 1.82) is 0 Å². The largest absolute Gasteiger partial charge is 0.428 e. The molecule has 0 aliphatic heterocycles. The molecule has 1 heterocycles. The van der Waals surface area contributed by atoms with Gasteiger partial charge in [0.1, 0.15) is 11.9 Å². The highest BCUT2D eigenvalue weighted by Gasteiger charge is 2.19. The average Bonchev–Trinajstić information content (AvgIpc) is 2.15. The number of hydrogen-bond donors (Lipinski definition) is 2. The van der Waals surface area contributed by atoms with Crippen LogP contribution in [-0.2, 0) is 0 Å². The third kappa shape index (κ3) is 2.21. The highest BCUT2D eigenvalue weighted by molar-refractivity contribution is 5.19. The second-order valence-corrected chi connectivity index (χ2v) is 3.19. The molecule has 0 aliphatic rings. The Morgan fingerprint density at radius 3 is 2.57 bits per heavy atom. The minimum absolute atomic E-state index is 0.345. The maximum absolute atomic E-state index is 10.8. The van der Waals surface area contributed by atoms with Gasteiger partial charge in [-0.2, -0.15) is 0 Å². The lowest BCUT2D eigenvalue weighted by molar-refractivity contribution is 0.0147. The number of aliphatic hydroxyl groups excluding tert-OH is 2. The smallest absolute Gasteiger partial charge is 0.335 e. The fourth-order valence-electron chi connectivity index (χ4n) is 1.26. The molecule has 0 amide bonds. The van der Waals surface area contributed by atoms with Crippen molar-refractivity contribution in [3.63, 3.8) is 0 Å². The van der Waals surface area contributed by atoms with Crippen LogP contribution in [0, 0.1) is 6.92 Å². The lowest BCUT2D eigenvalue weighted by Gasteiger charge is -2.16. The minimum atomic E-state index is -0.996. The molecule has 1 rings (SSSR count). The van der Waals surface area contributed by atoms with E-state index in [0.717, 1.165) is 0 Å². The summed E-state index contributed by atoms with van der Waals surface area (Å²) in [7, 11) is 0. The van der Waals surface area contributed by atoms with Gasteiger partial charge in [-0.15, -0.1) is 0 Å². The van der Waals surface area contributed by atoms with Crippen molar-refractivity contribution >= 4 is 0 Å². The fraction of sp³-hybridized carbons (Fsp3) is 0.500. The molecule has 2 atom stereocenters. The van der Waals surface area contributed by atoms with Crippen LogP contribution in [-0.4, -0.2) is 16.3 Å². The van der Waals surface area contributed by atoms with E-state index in [1.165, 1.54) is 12.1 Å². The molecule has 78 valence electrons. The van der Waals surface area contributed by atoms with Gasteiger partial charge >= 0.3 is 5.63 Å². The summed E-state index contributed by atoms with van der Waals surface area (Å²) < 4.78 is 4.80. The predicted molar refractivity (Wildman–Crippen MR) is 51.0 cm³/mol. The van der Waals surface area contributed by atoms with E-state index in [4.69, 9.17) is 4.42 Å². The van der Waals surface area contributed by atoms with Crippen molar-refractivity contribution in [2.75, 3.05) is 0 Å². The molecule has 0 aromatic carbocycles. The number of rotatable bonds is 3. The average molecular weight is 198 g/mol. The molecule has 0 saturated carbocycles. The lowest BCUT2D eigenvalue weighted by Crippen LogP contribution is -2.18. The summed E-state index contributed by atoms with van der Waals surface area (Å²) in [5.74, 6) is 0.345. The van der Waals surface area contributed by atoms with Crippen molar-refractivity contribution in [3.8, 4) is 0 Å². The van der Waals surface area contributed by atoms with E-state index < -0.39 is 17.8 Å². The van der Waals surface area contributed by atoms with Gasteiger partial charge in [-0.25, -0.2) is 4.79 Å². The predicted octanol–water partition coefficient (Wildman–Crippen LogP) is 0.753. The van der Waals surface area contributed by atoms with Crippen LogP contribution in [0.15, 0.2) is 21.3 Å². The lowest BCUT2D eigenvalue weighted by atomic mass is 10.0. The zero-order valence-corrected chi connectivity index (χ0v) is 8.23. The quantitative estimate of drug-likeness (QED) is 0.752. The van der Waals surface area contributed by atoms with Gasteiger partial charge in [-0.05, 0) is 19.4 Å². The zero-order valence-electron chi connectivity index (χ0n) is 8.23. The Kier molecular flexibility index (Phi) is 3.43. The first kappa shape index (κ1) is 10.9. The Labute approximate surface area is 81.8 Å². The van der Waals surface area contributed by atoms with Crippen LogP contribution in [0.5, 0.6) is 0 Å². The standard InChI is InChI=1S/C10H14O4/c1-3-8(11)10(13)7-4-5-9(12)14-6(7)2/h4-5,8,10-11,13H,3H2,1-2H3. The molecule has 0 fully saturated rings. The van der Waals surface area contributed by atoms with Gasteiger partial charge in [0.25, 0.3) is 0 Å². The highest BCUT2D eigenvalue weighted by atomic mass is 16.4. The summed E-state index contributed by atoms with van der Waals surface area (Å²) in [4.78, 5) is 10.8. The zero-order chi connectivity index (χ0) is 10.7. The molecule has 4 heteroatoms. The number of hydrogen-bond acceptors (Lipinski definition) is 4. The van der Waals surface area contributed by atoms with Crippen LogP contribution < -0.4 is 5.63 Å². The molecule has 1 aromatic heterocycles. The molecule has 0 spiro atoms. The molecular weight excluding hydrogens is 184 g/mol. The van der Waals surface area contributed by atoms with Crippen LogP contribution in [0.2, 0.25) is 0 Å². The Balaban J connectivity index is 3.01. The molecule has 0 bridgehead atoms. The normalized spacial score (nSPS) is 15.1. The molecule has 0 radical (unpaired) electrons. The van der Waals surface area contributed by atoms with E-state index in [9.17, 15) is 15.0 Å². The molecule has 14 heavy (non-hydrogen) atoms. The van der Waals surface area contributed by atoms with Crippen LogP contribution in [0.1, 0.15) is 30.8 Å². The molecule has 4 nitrogen and oxygen atoms in total. The first-order valence-electron chi connectivity index (χ1n) is 4.53. The number of aryl methyl sites for hydroxylation is 1. The van der Waals surface area contributed by atoms with Crippen LogP contribution in [0.25, 0.3) is 0 Å². The van der Waals surface area contributed by atoms with E-state index in [0.29, 0.717) is 17.7 Å². The summed E-state index contributed by atoms with van der Waals surface area (Å²) in [6.07, 6.45) is -1.38. The molecule has 2 unspecified atom stereocenters. The highest BCUT2D eigenvalue weighted by Crippen LogP contribution is 2.20. The molecule has 0 aliphatic carbocycles. The van der Waals surface area contributed by atoms with E-state index in [2.05, 4.69) is 0 Å². The van der Waals surface area contributed by atoms with Crippen LogP contribution >= 0.6 is 0 Å². The maximum Gasteiger partial charge on any atom is 0.335 e. The summed E-state index contributed by atoms with van der Waals surface area (Å²) in [6, 6.07) is 2.71. The fourth-order valence-corrected chi connectivity index (χ4v) is 1.26. The van der Waals surface area contributed by atoms with E-state index in [1.54, 1.807) is 13.8 Å². The minimum Gasteiger partial charge on any atom is -0.428 e. The van der Waals surface area contributed by atoms with Gasteiger partial charge in [-0.1, -0.05) is 6.92 Å². The first-order valence-corrected chi connectivity index (χ1v) is 4.53. The van der Waals surface area contributed by atoms with Crippen LogP contribution in [0.3, 0.4) is 0 Å². The van der Waals surface area contributed by atoms with Crippen molar-refractivity contribution in [2.45, 2.75) is 32.5 Å². The molecule has 1 aromatic rings. The Bertz CT molecular complexity index is 355. The van der Waals surface area contributed by atoms with Gasteiger partial charge in [0.2, 0.25) is 0 Å². The molecule has 2 N–H and O–H groups in total. The van der Waals surface area contributed by atoms with Gasteiger partial charge in [0, 0.05) is 11.6 Å². The van der Waals surface area contributed by atoms with Gasteiger partial charge in [-0.3, -0.25) is 0 Å². The third-order valence-corrected chi connectivity index (χ3v) is 2.16.